The summed E-state index contributed by atoms with van der Waals surface area (Å²) >= 11 is 0. The normalized spacial score (nSPS) is 12.9. The van der Waals surface area contributed by atoms with E-state index in [2.05, 4.69) is 13.8 Å². The number of hydrogen-bond donors (Lipinski definition) is 1. The van der Waals surface area contributed by atoms with Crippen LogP contribution in [-0.2, 0) is 0 Å². The van der Waals surface area contributed by atoms with E-state index in [0.29, 0.717) is 5.92 Å². The quantitative estimate of drug-likeness (QED) is 0.834. The van der Waals surface area contributed by atoms with Crippen molar-refractivity contribution in [3.8, 4) is 5.75 Å². The van der Waals surface area contributed by atoms with Gasteiger partial charge in [-0.2, -0.15) is 0 Å². The second-order valence-electron chi connectivity index (χ2n) is 4.47. The van der Waals surface area contributed by atoms with Crippen molar-refractivity contribution in [2.75, 3.05) is 7.11 Å². The lowest BCUT2D eigenvalue weighted by Gasteiger charge is -2.14. The Labute approximate surface area is 96.6 Å². The molecule has 0 saturated carbocycles. The molecule has 2 N–H and O–H groups in total. The van der Waals surface area contributed by atoms with Crippen LogP contribution in [0.2, 0.25) is 0 Å². The molecular formula is C13H20FNO. The molecule has 0 aliphatic rings. The Balaban J connectivity index is 2.69. The number of rotatable bonds is 5. The zero-order valence-electron chi connectivity index (χ0n) is 10.2. The van der Waals surface area contributed by atoms with Crippen molar-refractivity contribution >= 4 is 0 Å². The molecule has 0 heterocycles. The van der Waals surface area contributed by atoms with Crippen molar-refractivity contribution in [1.29, 1.82) is 0 Å². The molecule has 0 spiro atoms. The summed E-state index contributed by atoms with van der Waals surface area (Å²) in [7, 11) is 1.46. The van der Waals surface area contributed by atoms with Gasteiger partial charge in [0, 0.05) is 6.04 Å². The van der Waals surface area contributed by atoms with Gasteiger partial charge < -0.3 is 10.5 Å². The van der Waals surface area contributed by atoms with Crippen molar-refractivity contribution in [3.05, 3.63) is 29.6 Å². The first-order valence-electron chi connectivity index (χ1n) is 5.63. The van der Waals surface area contributed by atoms with Crippen LogP contribution >= 0.6 is 0 Å². The van der Waals surface area contributed by atoms with Gasteiger partial charge in [-0.05, 0) is 36.5 Å². The Morgan fingerprint density at radius 3 is 2.50 bits per heavy atom. The van der Waals surface area contributed by atoms with E-state index in [1.165, 1.54) is 13.2 Å². The monoisotopic (exact) mass is 225 g/mol. The zero-order chi connectivity index (χ0) is 12.1. The van der Waals surface area contributed by atoms with Gasteiger partial charge in [-0.3, -0.25) is 0 Å². The molecule has 0 fully saturated rings. The summed E-state index contributed by atoms with van der Waals surface area (Å²) in [4.78, 5) is 0. The summed E-state index contributed by atoms with van der Waals surface area (Å²) in [6.45, 7) is 4.31. The molecular weight excluding hydrogens is 205 g/mol. The van der Waals surface area contributed by atoms with Crippen LogP contribution in [-0.4, -0.2) is 7.11 Å². The highest BCUT2D eigenvalue weighted by molar-refractivity contribution is 5.30. The van der Waals surface area contributed by atoms with Gasteiger partial charge in [0.15, 0.2) is 11.6 Å². The fourth-order valence-electron chi connectivity index (χ4n) is 1.59. The highest BCUT2D eigenvalue weighted by Gasteiger charge is 2.10. The molecule has 0 bridgehead atoms. The van der Waals surface area contributed by atoms with E-state index in [-0.39, 0.29) is 17.6 Å². The van der Waals surface area contributed by atoms with Crippen LogP contribution in [0, 0.1) is 11.7 Å². The van der Waals surface area contributed by atoms with Gasteiger partial charge in [0.05, 0.1) is 7.11 Å². The fraction of sp³-hybridized carbons (Fsp3) is 0.538. The Bertz CT molecular complexity index is 339. The maximum atomic E-state index is 13.4. The van der Waals surface area contributed by atoms with Gasteiger partial charge in [-0.15, -0.1) is 0 Å². The molecule has 0 amide bonds. The summed E-state index contributed by atoms with van der Waals surface area (Å²) in [6.07, 6.45) is 1.93. The molecule has 0 radical (unpaired) electrons. The van der Waals surface area contributed by atoms with E-state index in [1.54, 1.807) is 6.07 Å². The van der Waals surface area contributed by atoms with Crippen LogP contribution in [0.25, 0.3) is 0 Å². The van der Waals surface area contributed by atoms with Crippen molar-refractivity contribution in [2.45, 2.75) is 32.7 Å². The van der Waals surface area contributed by atoms with Gasteiger partial charge in [0.25, 0.3) is 0 Å². The maximum absolute atomic E-state index is 13.4. The molecule has 0 aliphatic carbocycles. The molecule has 1 atom stereocenters. The van der Waals surface area contributed by atoms with Crippen LogP contribution in [0.4, 0.5) is 4.39 Å². The molecule has 0 unspecified atom stereocenters. The highest BCUT2D eigenvalue weighted by atomic mass is 19.1. The van der Waals surface area contributed by atoms with Crippen LogP contribution in [0.3, 0.4) is 0 Å². The zero-order valence-corrected chi connectivity index (χ0v) is 10.2. The van der Waals surface area contributed by atoms with Gasteiger partial charge >= 0.3 is 0 Å². The molecule has 0 aliphatic heterocycles. The van der Waals surface area contributed by atoms with Crippen molar-refractivity contribution in [2.24, 2.45) is 11.7 Å². The largest absolute Gasteiger partial charge is 0.494 e. The number of benzene rings is 1. The van der Waals surface area contributed by atoms with E-state index in [0.717, 1.165) is 18.4 Å². The number of nitrogens with two attached hydrogens (primary N) is 1. The second kappa shape index (κ2) is 5.85. The lowest BCUT2D eigenvalue weighted by Crippen LogP contribution is -2.11. The van der Waals surface area contributed by atoms with E-state index in [1.807, 2.05) is 6.07 Å². The standard InChI is InChI=1S/C13H20FNO/c1-9(2)4-6-12(15)10-5-7-13(16-3)11(14)8-10/h5,7-9,12H,4,6,15H2,1-3H3/t12-/m1/s1. The van der Waals surface area contributed by atoms with Crippen LogP contribution < -0.4 is 10.5 Å². The fourth-order valence-corrected chi connectivity index (χ4v) is 1.59. The number of hydrogen-bond acceptors (Lipinski definition) is 2. The SMILES string of the molecule is COc1ccc([C@H](N)CCC(C)C)cc1F. The molecule has 0 aromatic heterocycles. The Kier molecular flexibility index (Phi) is 4.74. The van der Waals surface area contributed by atoms with E-state index in [9.17, 15) is 4.39 Å². The number of halogens is 1. The van der Waals surface area contributed by atoms with Crippen LogP contribution in [0.5, 0.6) is 5.75 Å². The predicted molar refractivity (Wildman–Crippen MR) is 64.0 cm³/mol. The molecule has 1 rings (SSSR count). The lowest BCUT2D eigenvalue weighted by atomic mass is 9.98. The molecule has 90 valence electrons. The molecule has 1 aromatic carbocycles. The number of ether oxygens (including phenoxy) is 1. The van der Waals surface area contributed by atoms with Gasteiger partial charge in [0.2, 0.25) is 0 Å². The summed E-state index contributed by atoms with van der Waals surface area (Å²) in [5.74, 6) is 0.536. The van der Waals surface area contributed by atoms with Crippen molar-refractivity contribution < 1.29 is 9.13 Å². The molecule has 3 heteroatoms. The van der Waals surface area contributed by atoms with Crippen LogP contribution in [0.1, 0.15) is 38.3 Å². The molecule has 2 nitrogen and oxygen atoms in total. The molecule has 1 aromatic rings. The second-order valence-corrected chi connectivity index (χ2v) is 4.47. The average molecular weight is 225 g/mol. The predicted octanol–water partition coefficient (Wildman–Crippen LogP) is 3.27. The highest BCUT2D eigenvalue weighted by Crippen LogP contribution is 2.23. The van der Waals surface area contributed by atoms with Gasteiger partial charge in [-0.25, -0.2) is 4.39 Å². The molecule has 0 saturated heterocycles. The summed E-state index contributed by atoms with van der Waals surface area (Å²) < 4.78 is 18.3. The van der Waals surface area contributed by atoms with E-state index in [4.69, 9.17) is 10.5 Å². The van der Waals surface area contributed by atoms with E-state index < -0.39 is 0 Å². The first kappa shape index (κ1) is 13.0. The summed E-state index contributed by atoms with van der Waals surface area (Å²) in [5.41, 5.74) is 6.83. The summed E-state index contributed by atoms with van der Waals surface area (Å²) in [6, 6.07) is 4.82. The van der Waals surface area contributed by atoms with E-state index >= 15 is 0 Å². The third-order valence-corrected chi connectivity index (χ3v) is 2.66. The number of methoxy groups -OCH3 is 1. The third-order valence-electron chi connectivity index (χ3n) is 2.66. The van der Waals surface area contributed by atoms with Crippen molar-refractivity contribution in [3.63, 3.8) is 0 Å². The first-order valence-corrected chi connectivity index (χ1v) is 5.63. The minimum atomic E-state index is -0.347. The maximum Gasteiger partial charge on any atom is 0.165 e. The Morgan fingerprint density at radius 2 is 2.00 bits per heavy atom. The van der Waals surface area contributed by atoms with Crippen molar-refractivity contribution in [1.82, 2.24) is 0 Å². The van der Waals surface area contributed by atoms with Gasteiger partial charge in [-0.1, -0.05) is 19.9 Å². The minimum Gasteiger partial charge on any atom is -0.494 e. The third kappa shape index (κ3) is 3.49. The first-order chi connectivity index (χ1) is 7.54. The smallest absolute Gasteiger partial charge is 0.165 e. The Morgan fingerprint density at radius 1 is 1.31 bits per heavy atom. The minimum absolute atomic E-state index is 0.0946. The van der Waals surface area contributed by atoms with Gasteiger partial charge in [0.1, 0.15) is 0 Å². The summed E-state index contributed by atoms with van der Waals surface area (Å²) in [5, 5.41) is 0. The average Bonchev–Trinajstić information content (AvgIpc) is 2.25. The van der Waals surface area contributed by atoms with Crippen LogP contribution in [0.15, 0.2) is 18.2 Å². The molecule has 16 heavy (non-hydrogen) atoms. The lowest BCUT2D eigenvalue weighted by molar-refractivity contribution is 0.385. The Hall–Kier alpha value is -1.09. The topological polar surface area (TPSA) is 35.2 Å².